The number of piperazine rings is 2. The smallest absolute Gasteiger partial charge is 0.793 e. The summed E-state index contributed by atoms with van der Waals surface area (Å²) in [4.78, 5) is 78.4. The zero-order valence-electron chi connectivity index (χ0n) is 46.9. The summed E-state index contributed by atoms with van der Waals surface area (Å²) in [5.74, 6) is -1.41. The summed E-state index contributed by atoms with van der Waals surface area (Å²) in [5, 5.41) is 10.7. The van der Waals surface area contributed by atoms with Crippen LogP contribution in [0.15, 0.2) is 122 Å². The van der Waals surface area contributed by atoms with Gasteiger partial charge in [0.15, 0.2) is 0 Å². The van der Waals surface area contributed by atoms with E-state index in [1.165, 1.54) is 6.92 Å². The molecule has 17 nitrogen and oxygen atoms in total. The minimum atomic E-state index is -0.639. The monoisotopic (exact) mass is 1210 g/mol. The van der Waals surface area contributed by atoms with E-state index in [-0.39, 0.29) is 29.6 Å². The second-order valence-corrected chi connectivity index (χ2v) is 21.5. The van der Waals surface area contributed by atoms with Gasteiger partial charge in [-0.25, -0.2) is 19.4 Å². The summed E-state index contributed by atoms with van der Waals surface area (Å²) in [6.07, 6.45) is 10.9. The molecule has 4 aromatic heterocycles. The average Bonchev–Trinajstić information content (AvgIpc) is 3.65. The number of fused-ring (bicyclic) bond motifs is 4. The van der Waals surface area contributed by atoms with Gasteiger partial charge in [0.2, 0.25) is 5.97 Å². The number of benzene rings is 4. The number of aromatic nitrogens is 4. The zero-order chi connectivity index (χ0) is 58.1. The maximum absolute atomic E-state index is 11.3. The van der Waals surface area contributed by atoms with Crippen LogP contribution in [-0.4, -0.2) is 141 Å². The normalized spacial score (nSPS) is 15.5. The molecule has 0 bridgehead atoms. The Labute approximate surface area is 526 Å². The topological polar surface area (TPSA) is 176 Å². The molecule has 12 rings (SSSR count). The first-order chi connectivity index (χ1) is 39.6. The molecule has 4 fully saturated rings. The number of hydrogen-bond donors (Lipinski definition) is 1. The Bertz CT molecular complexity index is 3390. The Morgan fingerprint density at radius 1 is 0.482 bits per heavy atom. The van der Waals surface area contributed by atoms with E-state index in [9.17, 15) is 19.2 Å². The molecule has 23 heteroatoms. The second kappa shape index (κ2) is 31.7. The minimum absolute atomic E-state index is 0. The summed E-state index contributed by atoms with van der Waals surface area (Å²) in [5.41, 5.74) is 8.57. The van der Waals surface area contributed by atoms with Gasteiger partial charge in [0.05, 0.1) is 44.8 Å². The fourth-order valence-corrected chi connectivity index (χ4v) is 11.2. The Kier molecular flexibility index (Phi) is 24.7. The van der Waals surface area contributed by atoms with E-state index >= 15 is 0 Å². The Hall–Kier alpha value is -6.06. The van der Waals surface area contributed by atoms with Gasteiger partial charge in [-0.05, 0) is 85.6 Å². The molecule has 83 heavy (non-hydrogen) atoms. The van der Waals surface area contributed by atoms with Crippen molar-refractivity contribution < 1.29 is 63.2 Å². The fraction of sp³-hybridized carbons (Fsp3) is 0.333. The van der Waals surface area contributed by atoms with E-state index in [4.69, 9.17) is 46.4 Å². The molecule has 1 N–H and O–H groups in total. The van der Waals surface area contributed by atoms with Crippen LogP contribution < -0.4 is 54.5 Å². The van der Waals surface area contributed by atoms with E-state index in [0.29, 0.717) is 29.7 Å². The van der Waals surface area contributed by atoms with Crippen molar-refractivity contribution in [2.24, 2.45) is 0 Å². The van der Waals surface area contributed by atoms with E-state index < -0.39 is 17.9 Å². The van der Waals surface area contributed by atoms with Gasteiger partial charge in [-0.2, -0.15) is 0 Å². The van der Waals surface area contributed by atoms with Crippen molar-refractivity contribution >= 4 is 145 Å². The summed E-state index contributed by atoms with van der Waals surface area (Å²) in [6.45, 7) is 15.2. The zero-order valence-corrected chi connectivity index (χ0v) is 51.9. The van der Waals surface area contributed by atoms with Gasteiger partial charge < -0.3 is 37.6 Å². The van der Waals surface area contributed by atoms with Gasteiger partial charge in [0.25, 0.3) is 0 Å². The van der Waals surface area contributed by atoms with Crippen molar-refractivity contribution in [1.29, 1.82) is 0 Å². The maximum atomic E-state index is 11.3. The van der Waals surface area contributed by atoms with Gasteiger partial charge in [0.1, 0.15) is 5.78 Å². The van der Waals surface area contributed by atoms with Crippen LogP contribution in [0.25, 0.3) is 43.6 Å². The first-order valence-electron chi connectivity index (χ1n) is 27.0. The standard InChI is InChI=1S/C27H27Cl2N5.C14H13ClN2O.C13H14ClN3.C4H6O4.C2H3BO2.Na/c28-21-15-19-3-1-7-30-26(19)24(17-21)33-9-5-23(6-10-33)32-11-13-34(14-12-32)25-18-22(29)16-20-4-2-8-31-27(20)25;15-11-8-10-2-1-5-16-14(10)13(9-11)17-6-3-12(18)4-7-17;14-11-8-10-2-1-3-16-13(10)12(9-11)17-6-4-15-5-7-17;1-3(5)7-8-4(2)6;1-2(4)5-3;/h1-4,7-8,15-18,23H,5-6,9-14H2;1-2,5,8-9H,3-4,6-7H2;1-3,8-9,15H,4-7H2;1-2H3;1H3;/q;;;;-1;+1. The van der Waals surface area contributed by atoms with Gasteiger partial charge in [-0.1, -0.05) is 70.7 Å². The third kappa shape index (κ3) is 18.2. The molecule has 0 spiro atoms. The first kappa shape index (κ1) is 64.5. The van der Waals surface area contributed by atoms with Crippen molar-refractivity contribution in [1.82, 2.24) is 30.2 Å². The third-order valence-electron chi connectivity index (χ3n) is 14.1. The Balaban J connectivity index is 0.000000171. The summed E-state index contributed by atoms with van der Waals surface area (Å²) < 4.78 is 3.61. The number of Topliss-reactive ketones (excluding diaryl/α,β-unsaturated/α-hetero) is 1. The number of halogens is 4. The molecule has 0 amide bonds. The quantitative estimate of drug-likeness (QED) is 0.0999. The molecule has 0 aliphatic carbocycles. The van der Waals surface area contributed by atoms with E-state index in [1.807, 2.05) is 85.3 Å². The number of rotatable bonds is 5. The average molecular weight is 1210 g/mol. The molecule has 4 aromatic carbocycles. The van der Waals surface area contributed by atoms with Crippen LogP contribution in [0, 0.1) is 0 Å². The van der Waals surface area contributed by atoms with Crippen molar-refractivity contribution in [2.75, 3.05) is 98.1 Å². The number of ketones is 1. The van der Waals surface area contributed by atoms with E-state index in [0.717, 1.165) is 187 Å². The molecular weight excluding hydrogens is 1150 g/mol. The van der Waals surface area contributed by atoms with Crippen LogP contribution in [0.1, 0.15) is 46.5 Å². The molecule has 0 saturated carbocycles. The molecule has 0 atom stereocenters. The summed E-state index contributed by atoms with van der Waals surface area (Å²) in [7, 11) is 4.32. The van der Waals surface area contributed by atoms with Crippen molar-refractivity contribution in [3.05, 3.63) is 142 Å². The van der Waals surface area contributed by atoms with E-state index in [2.05, 4.69) is 103 Å². The number of anilines is 4. The van der Waals surface area contributed by atoms with Crippen LogP contribution in [0.2, 0.25) is 20.1 Å². The largest absolute Gasteiger partial charge is 1.00 e. The van der Waals surface area contributed by atoms with Gasteiger partial charge >= 0.3 is 41.5 Å². The number of carbonyl (C=O) groups excluding carboxylic acids is 4. The van der Waals surface area contributed by atoms with Crippen LogP contribution in [0.3, 0.4) is 0 Å². The molecule has 4 saturated heterocycles. The molecule has 4 aliphatic rings. The predicted molar refractivity (Wildman–Crippen MR) is 329 cm³/mol. The number of pyridine rings is 4. The number of nitrogens with zero attached hydrogens (tertiary/aromatic N) is 9. The Morgan fingerprint density at radius 2 is 0.795 bits per heavy atom. The van der Waals surface area contributed by atoms with Gasteiger partial charge in [0, 0.05) is 185 Å². The van der Waals surface area contributed by atoms with E-state index in [1.54, 1.807) is 6.20 Å². The Morgan fingerprint density at radius 3 is 1.12 bits per heavy atom. The molecule has 3 radical (unpaired) electrons. The first-order valence-corrected chi connectivity index (χ1v) is 28.5. The molecule has 8 aromatic rings. The fourth-order valence-electron chi connectivity index (χ4n) is 10.3. The van der Waals surface area contributed by atoms with Crippen LogP contribution in [0.4, 0.5) is 22.7 Å². The number of hydrogen-bond acceptors (Lipinski definition) is 17. The molecule has 0 unspecified atom stereocenters. The predicted octanol–water partition coefficient (Wildman–Crippen LogP) is 7.90. The summed E-state index contributed by atoms with van der Waals surface area (Å²) >= 11 is 25.2. The van der Waals surface area contributed by atoms with Crippen molar-refractivity contribution in [3.8, 4) is 0 Å². The molecule has 8 heterocycles. The number of piperidine rings is 2. The SMILES string of the molecule is CC(=O)OOC(C)=O.Clc1cc(N2CCC(N3CCN(c4cc(Cl)cc5cccnc45)CC3)CC2)c2ncccc2c1.Clc1cc(N2CCNCC2)c2ncccc2c1.O=C1CCN(c2cc(Cl)cc3cccnc23)CC1.[B-]OC(C)=O.[Na+]. The summed E-state index contributed by atoms with van der Waals surface area (Å²) in [6, 6.07) is 32.6. The molecular formula is C60H63BCl4N10NaO7. The number of carbonyl (C=O) groups is 4. The third-order valence-corrected chi connectivity index (χ3v) is 15.0. The van der Waals surface area contributed by atoms with Crippen LogP contribution in [-0.2, 0) is 33.6 Å². The number of nitrogens with one attached hydrogen (secondary N) is 1. The molecule has 427 valence electrons. The van der Waals surface area contributed by atoms with Gasteiger partial charge in [-0.15, -0.1) is 0 Å². The minimum Gasteiger partial charge on any atom is -0.793 e. The second-order valence-electron chi connectivity index (χ2n) is 19.8. The van der Waals surface area contributed by atoms with Crippen LogP contribution in [0.5, 0.6) is 0 Å². The van der Waals surface area contributed by atoms with Gasteiger partial charge in [-0.3, -0.25) is 34.4 Å². The van der Waals surface area contributed by atoms with Crippen molar-refractivity contribution in [3.63, 3.8) is 0 Å². The molecule has 4 aliphatic heterocycles. The maximum Gasteiger partial charge on any atom is 1.00 e. The van der Waals surface area contributed by atoms with Crippen molar-refractivity contribution in [2.45, 2.75) is 52.5 Å². The van der Waals surface area contributed by atoms with Crippen LogP contribution >= 0.6 is 46.4 Å².